The first-order chi connectivity index (χ1) is 13.8. The van der Waals surface area contributed by atoms with Gasteiger partial charge in [0.05, 0.1) is 17.9 Å². The Morgan fingerprint density at radius 3 is 2.83 bits per heavy atom. The smallest absolute Gasteiger partial charge is 0.249 e. The fourth-order valence-electron chi connectivity index (χ4n) is 3.45. The van der Waals surface area contributed by atoms with Crippen LogP contribution in [0.1, 0.15) is 17.7 Å². The Morgan fingerprint density at radius 1 is 1.31 bits per heavy atom. The number of ether oxygens (including phenoxy) is 1. The van der Waals surface area contributed by atoms with Crippen LogP contribution in [0.25, 0.3) is 11.3 Å². The highest BCUT2D eigenvalue weighted by Crippen LogP contribution is 2.33. The molecule has 1 aromatic carbocycles. The normalized spacial score (nSPS) is 16.2. The van der Waals surface area contributed by atoms with E-state index in [1.54, 1.807) is 13.1 Å². The van der Waals surface area contributed by atoms with Gasteiger partial charge in [0.25, 0.3) is 0 Å². The molecule has 29 heavy (non-hydrogen) atoms. The van der Waals surface area contributed by atoms with Crippen LogP contribution < -0.4 is 14.8 Å². The van der Waals surface area contributed by atoms with Crippen molar-refractivity contribution in [2.45, 2.75) is 30.1 Å². The maximum absolute atomic E-state index is 11.6. The molecule has 0 saturated heterocycles. The zero-order valence-electron chi connectivity index (χ0n) is 16.2. The molecule has 4 rings (SSSR count). The summed E-state index contributed by atoms with van der Waals surface area (Å²) in [4.78, 5) is 10.7. The van der Waals surface area contributed by atoms with Gasteiger partial charge >= 0.3 is 0 Å². The van der Waals surface area contributed by atoms with Crippen molar-refractivity contribution >= 4 is 26.5 Å². The fraction of sp³-hybridized carbons (Fsp3) is 0.300. The second-order valence-electron chi connectivity index (χ2n) is 7.11. The van der Waals surface area contributed by atoms with Gasteiger partial charge in [0.2, 0.25) is 10.0 Å². The standard InChI is InChI=1S/C20H22N4O3S2/c1-13-19(29(21,25)26)28-20(23-13)24(2)12-16-8-6-15-11-14(7-9-18(15)27-16)17-5-3-4-10-22-17/h3-5,7,9-11,16H,6,8,12H2,1-2H3,(H2,21,25,26). The van der Waals surface area contributed by atoms with Crippen LogP contribution in [0.3, 0.4) is 0 Å². The van der Waals surface area contributed by atoms with Crippen LogP contribution in [0.15, 0.2) is 46.8 Å². The topological polar surface area (TPSA) is 98.4 Å². The van der Waals surface area contributed by atoms with E-state index < -0.39 is 10.0 Å². The number of likely N-dealkylation sites (N-methyl/N-ethyl adjacent to an activating group) is 1. The maximum Gasteiger partial charge on any atom is 0.249 e. The number of hydrogen-bond donors (Lipinski definition) is 1. The summed E-state index contributed by atoms with van der Waals surface area (Å²) in [6, 6.07) is 12.0. The van der Waals surface area contributed by atoms with Crippen molar-refractivity contribution in [3.05, 3.63) is 53.9 Å². The molecule has 1 aliphatic heterocycles. The third-order valence-corrected chi connectivity index (χ3v) is 7.68. The van der Waals surface area contributed by atoms with Crippen LogP contribution in [0.2, 0.25) is 0 Å². The summed E-state index contributed by atoms with van der Waals surface area (Å²) in [5, 5.41) is 5.87. The molecule has 0 aliphatic carbocycles. The highest BCUT2D eigenvalue weighted by molar-refractivity contribution is 7.91. The van der Waals surface area contributed by atoms with Gasteiger partial charge in [-0.15, -0.1) is 0 Å². The van der Waals surface area contributed by atoms with Crippen molar-refractivity contribution in [2.24, 2.45) is 5.14 Å². The number of hydrogen-bond acceptors (Lipinski definition) is 7. The summed E-state index contributed by atoms with van der Waals surface area (Å²) >= 11 is 1.09. The first-order valence-corrected chi connectivity index (χ1v) is 11.6. The maximum atomic E-state index is 11.6. The molecule has 0 fully saturated rings. The molecular formula is C20H22N4O3S2. The lowest BCUT2D eigenvalue weighted by Crippen LogP contribution is -2.35. The van der Waals surface area contributed by atoms with Gasteiger partial charge in [0.15, 0.2) is 9.34 Å². The van der Waals surface area contributed by atoms with E-state index in [1.807, 2.05) is 42.3 Å². The molecule has 0 bridgehead atoms. The lowest BCUT2D eigenvalue weighted by atomic mass is 9.98. The Labute approximate surface area is 174 Å². The second-order valence-corrected chi connectivity index (χ2v) is 9.85. The van der Waals surface area contributed by atoms with E-state index in [9.17, 15) is 8.42 Å². The second kappa shape index (κ2) is 7.74. The van der Waals surface area contributed by atoms with Gasteiger partial charge in [-0.05, 0) is 55.7 Å². The predicted molar refractivity (Wildman–Crippen MR) is 114 cm³/mol. The minimum atomic E-state index is -3.75. The number of sulfonamides is 1. The molecule has 1 unspecified atom stereocenters. The van der Waals surface area contributed by atoms with Gasteiger partial charge in [-0.3, -0.25) is 4.98 Å². The van der Waals surface area contributed by atoms with Gasteiger partial charge in [0.1, 0.15) is 11.9 Å². The van der Waals surface area contributed by atoms with Crippen LogP contribution in [0, 0.1) is 6.92 Å². The Hall–Kier alpha value is -2.49. The van der Waals surface area contributed by atoms with Crippen LogP contribution in [0.4, 0.5) is 5.13 Å². The summed E-state index contributed by atoms with van der Waals surface area (Å²) < 4.78 is 29.6. The fourth-order valence-corrected chi connectivity index (χ4v) is 5.36. The molecule has 3 heterocycles. The number of anilines is 1. The minimum absolute atomic E-state index is 0.00431. The van der Waals surface area contributed by atoms with Crippen molar-refractivity contribution in [3.63, 3.8) is 0 Å². The van der Waals surface area contributed by atoms with E-state index in [0.29, 0.717) is 17.4 Å². The van der Waals surface area contributed by atoms with Crippen LogP contribution >= 0.6 is 11.3 Å². The molecule has 2 N–H and O–H groups in total. The third-order valence-electron chi connectivity index (χ3n) is 4.86. The molecule has 9 heteroatoms. The van der Waals surface area contributed by atoms with E-state index in [1.165, 1.54) is 5.56 Å². The Balaban J connectivity index is 1.47. The number of benzene rings is 1. The number of rotatable bonds is 5. The van der Waals surface area contributed by atoms with Crippen molar-refractivity contribution in [2.75, 3.05) is 18.5 Å². The molecular weight excluding hydrogens is 408 g/mol. The summed E-state index contributed by atoms with van der Waals surface area (Å²) in [5.41, 5.74) is 3.63. The molecule has 1 aliphatic rings. The summed E-state index contributed by atoms with van der Waals surface area (Å²) in [7, 11) is -1.87. The Kier molecular flexibility index (Phi) is 5.28. The number of aryl methyl sites for hydroxylation is 2. The number of fused-ring (bicyclic) bond motifs is 1. The van der Waals surface area contributed by atoms with E-state index in [-0.39, 0.29) is 10.3 Å². The average molecular weight is 431 g/mol. The number of nitrogens with two attached hydrogens (primary N) is 1. The molecule has 0 saturated carbocycles. The highest BCUT2D eigenvalue weighted by atomic mass is 32.2. The number of nitrogens with zero attached hydrogens (tertiary/aromatic N) is 3. The van der Waals surface area contributed by atoms with Crippen LogP contribution in [-0.4, -0.2) is 38.1 Å². The molecule has 0 spiro atoms. The third kappa shape index (κ3) is 4.26. The molecule has 0 amide bonds. The first-order valence-electron chi connectivity index (χ1n) is 9.23. The highest BCUT2D eigenvalue weighted by Gasteiger charge is 2.24. The van der Waals surface area contributed by atoms with Gasteiger partial charge in [-0.25, -0.2) is 18.5 Å². The number of thiazole rings is 1. The van der Waals surface area contributed by atoms with Gasteiger partial charge in [-0.2, -0.15) is 0 Å². The van der Waals surface area contributed by atoms with Crippen molar-refractivity contribution in [1.29, 1.82) is 0 Å². The zero-order chi connectivity index (χ0) is 20.6. The number of primary sulfonamides is 1. The van der Waals surface area contributed by atoms with Crippen LogP contribution in [-0.2, 0) is 16.4 Å². The zero-order valence-corrected chi connectivity index (χ0v) is 17.8. The monoisotopic (exact) mass is 430 g/mol. The number of aromatic nitrogens is 2. The van der Waals surface area contributed by atoms with Gasteiger partial charge in [-0.1, -0.05) is 17.4 Å². The molecule has 7 nitrogen and oxygen atoms in total. The molecule has 3 aromatic rings. The molecule has 152 valence electrons. The summed E-state index contributed by atoms with van der Waals surface area (Å²) in [5.74, 6) is 0.884. The quantitative estimate of drug-likeness (QED) is 0.668. The Morgan fingerprint density at radius 2 is 2.14 bits per heavy atom. The van der Waals surface area contributed by atoms with Crippen molar-refractivity contribution in [1.82, 2.24) is 9.97 Å². The SMILES string of the molecule is Cc1nc(N(C)CC2CCc3cc(-c4ccccn4)ccc3O2)sc1S(N)(=O)=O. The summed E-state index contributed by atoms with van der Waals surface area (Å²) in [6.45, 7) is 2.26. The van der Waals surface area contributed by atoms with E-state index in [4.69, 9.17) is 9.88 Å². The van der Waals surface area contributed by atoms with E-state index >= 15 is 0 Å². The van der Waals surface area contributed by atoms with Crippen LogP contribution in [0.5, 0.6) is 5.75 Å². The first kappa shape index (κ1) is 19.8. The molecule has 2 aromatic heterocycles. The van der Waals surface area contributed by atoms with Crippen molar-refractivity contribution < 1.29 is 13.2 Å². The van der Waals surface area contributed by atoms with E-state index in [2.05, 4.69) is 16.0 Å². The predicted octanol–water partition coefficient (Wildman–Crippen LogP) is 2.99. The number of pyridine rings is 1. The van der Waals surface area contributed by atoms with E-state index in [0.717, 1.165) is 41.2 Å². The summed E-state index contributed by atoms with van der Waals surface area (Å²) in [6.07, 6.45) is 3.57. The average Bonchev–Trinajstić information content (AvgIpc) is 3.10. The van der Waals surface area contributed by atoms with Gasteiger partial charge in [0, 0.05) is 18.8 Å². The van der Waals surface area contributed by atoms with Crippen molar-refractivity contribution in [3.8, 4) is 17.0 Å². The van der Waals surface area contributed by atoms with Gasteiger partial charge < -0.3 is 9.64 Å². The largest absolute Gasteiger partial charge is 0.488 e. The molecule has 1 atom stereocenters. The minimum Gasteiger partial charge on any atom is -0.488 e. The lowest BCUT2D eigenvalue weighted by molar-refractivity contribution is 0.180. The molecule has 0 radical (unpaired) electrons. The lowest BCUT2D eigenvalue weighted by Gasteiger charge is -2.29. The Bertz CT molecular complexity index is 1130.